The molecular formula is C27H30N4O5S. The number of benzene rings is 2. The van der Waals surface area contributed by atoms with E-state index in [2.05, 4.69) is 15.5 Å². The summed E-state index contributed by atoms with van der Waals surface area (Å²) in [6.07, 6.45) is 2.21. The summed E-state index contributed by atoms with van der Waals surface area (Å²) in [7, 11) is 0. The Kier molecular flexibility index (Phi) is 10.9. The van der Waals surface area contributed by atoms with Gasteiger partial charge in [-0.05, 0) is 56.2 Å². The van der Waals surface area contributed by atoms with Crippen molar-refractivity contribution in [3.05, 3.63) is 64.2 Å². The van der Waals surface area contributed by atoms with Crippen molar-refractivity contribution in [2.24, 2.45) is 0 Å². The Balaban J connectivity index is 1.51. The van der Waals surface area contributed by atoms with Gasteiger partial charge in [-0.3, -0.25) is 10.1 Å². The van der Waals surface area contributed by atoms with Crippen LogP contribution in [-0.4, -0.2) is 49.1 Å². The first-order valence-electron chi connectivity index (χ1n) is 11.9. The van der Waals surface area contributed by atoms with Gasteiger partial charge in [-0.1, -0.05) is 42.0 Å². The lowest BCUT2D eigenvalue weighted by atomic mass is 10.1. The molecule has 0 aliphatic heterocycles. The van der Waals surface area contributed by atoms with Crippen LogP contribution in [0.5, 0.6) is 17.2 Å². The van der Waals surface area contributed by atoms with Gasteiger partial charge in [0.25, 0.3) is 5.91 Å². The highest BCUT2D eigenvalue weighted by atomic mass is 32.1. The Morgan fingerprint density at radius 2 is 1.76 bits per heavy atom. The smallest absolute Gasteiger partial charge is 0.268 e. The van der Waals surface area contributed by atoms with Crippen molar-refractivity contribution in [2.75, 3.05) is 38.4 Å². The number of aromatic nitrogens is 2. The van der Waals surface area contributed by atoms with E-state index in [0.29, 0.717) is 55.2 Å². The lowest BCUT2D eigenvalue weighted by Gasteiger charge is -2.13. The molecule has 9 nitrogen and oxygen atoms in total. The second-order valence-electron chi connectivity index (χ2n) is 7.74. The molecule has 1 amide bonds. The first-order valence-corrected chi connectivity index (χ1v) is 12.8. The molecule has 0 radical (unpaired) electrons. The van der Waals surface area contributed by atoms with Crippen LogP contribution >= 0.6 is 11.3 Å². The summed E-state index contributed by atoms with van der Waals surface area (Å²) in [5.74, 6) is 1.31. The van der Waals surface area contributed by atoms with Gasteiger partial charge < -0.3 is 18.9 Å². The second kappa shape index (κ2) is 14.6. The van der Waals surface area contributed by atoms with Crippen molar-refractivity contribution >= 4 is 28.5 Å². The van der Waals surface area contributed by atoms with E-state index < -0.39 is 5.91 Å². The zero-order valence-corrected chi connectivity index (χ0v) is 22.0. The van der Waals surface area contributed by atoms with Gasteiger partial charge in [0.1, 0.15) is 35.6 Å². The minimum absolute atomic E-state index is 0.0642. The zero-order chi connectivity index (χ0) is 26.5. The maximum absolute atomic E-state index is 12.5. The number of hydrogen-bond donors (Lipinski definition) is 1. The van der Waals surface area contributed by atoms with Crippen LogP contribution in [0.2, 0.25) is 0 Å². The van der Waals surface area contributed by atoms with E-state index >= 15 is 0 Å². The van der Waals surface area contributed by atoms with Crippen molar-refractivity contribution in [1.29, 1.82) is 5.26 Å². The number of nitriles is 1. The van der Waals surface area contributed by atoms with Gasteiger partial charge in [-0.15, -0.1) is 10.2 Å². The van der Waals surface area contributed by atoms with Crippen molar-refractivity contribution < 1.29 is 23.7 Å². The maximum Gasteiger partial charge on any atom is 0.268 e. The highest BCUT2D eigenvalue weighted by Crippen LogP contribution is 2.29. The average molecular weight is 523 g/mol. The Labute approximate surface area is 220 Å². The van der Waals surface area contributed by atoms with Crippen LogP contribution in [0, 0.1) is 18.3 Å². The molecule has 0 fully saturated rings. The molecule has 0 saturated heterocycles. The first kappa shape index (κ1) is 27.6. The Morgan fingerprint density at radius 3 is 2.43 bits per heavy atom. The number of hydrogen-bond acceptors (Lipinski definition) is 9. The molecule has 1 heterocycles. The van der Waals surface area contributed by atoms with E-state index in [1.165, 1.54) is 23.0 Å². The van der Waals surface area contributed by atoms with E-state index in [-0.39, 0.29) is 5.57 Å². The van der Waals surface area contributed by atoms with Gasteiger partial charge in [-0.25, -0.2) is 0 Å². The molecule has 3 aromatic rings. The van der Waals surface area contributed by atoms with Crippen LogP contribution in [0.3, 0.4) is 0 Å². The quantitative estimate of drug-likeness (QED) is 0.182. The SMILES string of the molecule is CCOc1cc(C=C(C#N)C(=O)Nc2nnc(CC)s2)ccc1OCCOCCOc1ccc(C)cc1. The molecule has 0 spiro atoms. The van der Waals surface area contributed by atoms with Gasteiger partial charge >= 0.3 is 0 Å². The van der Waals surface area contributed by atoms with Crippen LogP contribution in [0.15, 0.2) is 48.0 Å². The minimum Gasteiger partial charge on any atom is -0.491 e. The van der Waals surface area contributed by atoms with E-state index in [0.717, 1.165) is 17.2 Å². The van der Waals surface area contributed by atoms with Crippen molar-refractivity contribution in [3.63, 3.8) is 0 Å². The summed E-state index contributed by atoms with van der Waals surface area (Å²) < 4.78 is 22.8. The molecular weight excluding hydrogens is 492 g/mol. The number of nitrogens with one attached hydrogen (secondary N) is 1. The van der Waals surface area contributed by atoms with Gasteiger partial charge in [0, 0.05) is 0 Å². The number of carbonyl (C=O) groups is 1. The van der Waals surface area contributed by atoms with Gasteiger partial charge in [0.15, 0.2) is 11.5 Å². The summed E-state index contributed by atoms with van der Waals surface area (Å²) in [4.78, 5) is 12.5. The minimum atomic E-state index is -0.553. The fraction of sp³-hybridized carbons (Fsp3) is 0.333. The van der Waals surface area contributed by atoms with E-state index in [9.17, 15) is 10.1 Å². The van der Waals surface area contributed by atoms with Crippen LogP contribution in [0.25, 0.3) is 6.08 Å². The highest BCUT2D eigenvalue weighted by molar-refractivity contribution is 7.15. The van der Waals surface area contributed by atoms with E-state index in [1.54, 1.807) is 18.2 Å². The number of nitrogens with zero attached hydrogens (tertiary/aromatic N) is 3. The summed E-state index contributed by atoms with van der Waals surface area (Å²) in [6.45, 7) is 7.87. The zero-order valence-electron chi connectivity index (χ0n) is 21.2. The molecule has 1 aromatic heterocycles. The fourth-order valence-electron chi connectivity index (χ4n) is 3.09. The monoisotopic (exact) mass is 522 g/mol. The molecule has 2 aromatic carbocycles. The third kappa shape index (κ3) is 8.90. The lowest BCUT2D eigenvalue weighted by Crippen LogP contribution is -2.13. The summed E-state index contributed by atoms with van der Waals surface area (Å²) >= 11 is 1.27. The Hall–Kier alpha value is -3.94. The molecule has 0 aliphatic carbocycles. The van der Waals surface area contributed by atoms with E-state index in [1.807, 2.05) is 51.1 Å². The number of anilines is 1. The van der Waals surface area contributed by atoms with Gasteiger partial charge in [-0.2, -0.15) is 5.26 Å². The molecule has 37 heavy (non-hydrogen) atoms. The first-order chi connectivity index (χ1) is 18.0. The molecule has 0 bridgehead atoms. The standard InChI is InChI=1S/C27H30N4O5S/c1-4-25-30-31-27(37-25)29-26(32)21(18-28)16-20-8-11-23(24(17-20)34-5-2)36-15-13-33-12-14-35-22-9-6-19(3)7-10-22/h6-11,16-17H,4-5,12-15H2,1-3H3,(H,29,31,32). The molecule has 0 aliphatic rings. The number of ether oxygens (including phenoxy) is 4. The van der Waals surface area contributed by atoms with E-state index in [4.69, 9.17) is 18.9 Å². The molecule has 0 saturated carbocycles. The molecule has 0 unspecified atom stereocenters. The van der Waals surface area contributed by atoms with Crippen molar-refractivity contribution in [3.8, 4) is 23.3 Å². The number of aryl methyl sites for hydroxylation is 2. The predicted molar refractivity (Wildman–Crippen MR) is 142 cm³/mol. The van der Waals surface area contributed by atoms with Crippen LogP contribution in [0.1, 0.15) is 30.0 Å². The molecule has 10 heteroatoms. The third-order valence-corrected chi connectivity index (χ3v) is 5.92. The maximum atomic E-state index is 12.5. The number of rotatable bonds is 14. The normalized spacial score (nSPS) is 11.0. The molecule has 194 valence electrons. The summed E-state index contributed by atoms with van der Waals surface area (Å²) in [6, 6.07) is 15.0. The van der Waals surface area contributed by atoms with Gasteiger partial charge in [0.2, 0.25) is 5.13 Å². The average Bonchev–Trinajstić information content (AvgIpc) is 3.36. The van der Waals surface area contributed by atoms with Crippen molar-refractivity contribution in [1.82, 2.24) is 10.2 Å². The Morgan fingerprint density at radius 1 is 1.00 bits per heavy atom. The van der Waals surface area contributed by atoms with Crippen LogP contribution in [0.4, 0.5) is 5.13 Å². The topological polar surface area (TPSA) is 116 Å². The van der Waals surface area contributed by atoms with Gasteiger partial charge in [0.05, 0.1) is 19.8 Å². The molecule has 0 atom stereocenters. The fourth-order valence-corrected chi connectivity index (χ4v) is 3.77. The number of amides is 1. The van der Waals surface area contributed by atoms with Crippen molar-refractivity contribution in [2.45, 2.75) is 27.2 Å². The highest BCUT2D eigenvalue weighted by Gasteiger charge is 2.14. The lowest BCUT2D eigenvalue weighted by molar-refractivity contribution is -0.112. The molecule has 3 rings (SSSR count). The molecule has 1 N–H and O–H groups in total. The second-order valence-corrected chi connectivity index (χ2v) is 8.80. The predicted octanol–water partition coefficient (Wildman–Crippen LogP) is 4.83. The third-order valence-electron chi connectivity index (χ3n) is 4.94. The number of carbonyl (C=O) groups excluding carboxylic acids is 1. The van der Waals surface area contributed by atoms with Crippen LogP contribution < -0.4 is 19.5 Å². The van der Waals surface area contributed by atoms with Crippen LogP contribution in [-0.2, 0) is 16.0 Å². The largest absolute Gasteiger partial charge is 0.491 e. The summed E-state index contributed by atoms with van der Waals surface area (Å²) in [5, 5.41) is 21.2. The summed E-state index contributed by atoms with van der Waals surface area (Å²) in [5.41, 5.74) is 1.74. The Bertz CT molecular complexity index is 1230.